The maximum atomic E-state index is 2.39. The number of rotatable bonds is 0. The lowest BCUT2D eigenvalue weighted by molar-refractivity contribution is 0.620. The van der Waals surface area contributed by atoms with Gasteiger partial charge in [0.25, 0.3) is 0 Å². The number of hydrogen-bond donors (Lipinski definition) is 0. The van der Waals surface area contributed by atoms with Crippen molar-refractivity contribution in [2.45, 2.75) is 37.2 Å². The smallest absolute Gasteiger partial charge is 0.0612 e. The van der Waals surface area contributed by atoms with Crippen LogP contribution in [0.4, 0.5) is 0 Å². The van der Waals surface area contributed by atoms with Gasteiger partial charge in [-0.05, 0) is 60.8 Å². The Morgan fingerprint density at radius 1 is 0.812 bits per heavy atom. The molecule has 0 aromatic heterocycles. The number of allylic oxidation sites excluding steroid dienone is 6. The van der Waals surface area contributed by atoms with Gasteiger partial charge in [-0.3, -0.25) is 0 Å². The zero-order chi connectivity index (χ0) is 11.6. The molecular formula is C14H16S2. The molecule has 3 rings (SSSR count). The third-order valence-corrected chi connectivity index (χ3v) is 7.02. The average Bonchev–Trinajstić information content (AvgIpc) is 2.63. The van der Waals surface area contributed by atoms with Crippen molar-refractivity contribution in [2.24, 2.45) is 0 Å². The average molecular weight is 248 g/mol. The first-order valence-corrected chi connectivity index (χ1v) is 7.26. The highest BCUT2D eigenvalue weighted by Gasteiger charge is 2.55. The number of thioether (sulfide) groups is 2. The van der Waals surface area contributed by atoms with Gasteiger partial charge in [0.1, 0.15) is 0 Å². The van der Waals surface area contributed by atoms with Crippen LogP contribution in [-0.4, -0.2) is 9.49 Å². The number of fused-ring (bicyclic) bond motifs is 3. The van der Waals surface area contributed by atoms with E-state index in [1.165, 1.54) is 21.0 Å². The molecular weight excluding hydrogens is 232 g/mol. The van der Waals surface area contributed by atoms with Crippen LogP contribution in [0.15, 0.2) is 45.3 Å². The second-order valence-electron chi connectivity index (χ2n) is 5.02. The zero-order valence-corrected chi connectivity index (χ0v) is 11.8. The molecule has 0 aromatic carbocycles. The van der Waals surface area contributed by atoms with E-state index in [2.05, 4.69) is 52.0 Å². The maximum absolute atomic E-state index is 2.39. The van der Waals surface area contributed by atoms with Gasteiger partial charge in [0.2, 0.25) is 0 Å². The number of hydrogen-bond acceptors (Lipinski definition) is 2. The molecule has 0 radical (unpaired) electrons. The van der Waals surface area contributed by atoms with E-state index in [1.54, 1.807) is 0 Å². The standard InChI is InChI=1S/C14H16S2/c1-9-7-11-5-6-12-8-10(2)16-14(12,4)13(11,3)15-9/h5-8H,1-4H3. The summed E-state index contributed by atoms with van der Waals surface area (Å²) < 4.78 is 0.417. The predicted molar refractivity (Wildman–Crippen MR) is 75.7 cm³/mol. The first-order chi connectivity index (χ1) is 7.46. The van der Waals surface area contributed by atoms with Crippen molar-refractivity contribution >= 4 is 23.5 Å². The molecule has 0 saturated heterocycles. The van der Waals surface area contributed by atoms with Crippen LogP contribution >= 0.6 is 23.5 Å². The van der Waals surface area contributed by atoms with Gasteiger partial charge in [0.05, 0.1) is 9.49 Å². The molecule has 16 heavy (non-hydrogen) atoms. The molecule has 0 N–H and O–H groups in total. The third-order valence-electron chi connectivity index (χ3n) is 3.90. The molecule has 3 aliphatic rings. The lowest BCUT2D eigenvalue weighted by atomic mass is 9.78. The summed E-state index contributed by atoms with van der Waals surface area (Å²) in [7, 11) is 0. The van der Waals surface area contributed by atoms with Crippen molar-refractivity contribution in [3.05, 3.63) is 45.3 Å². The zero-order valence-electron chi connectivity index (χ0n) is 10.1. The van der Waals surface area contributed by atoms with Gasteiger partial charge in [-0.15, -0.1) is 23.5 Å². The summed E-state index contributed by atoms with van der Waals surface area (Å²) in [4.78, 5) is 2.88. The fourth-order valence-electron chi connectivity index (χ4n) is 2.87. The lowest BCUT2D eigenvalue weighted by Gasteiger charge is -2.44. The molecule has 2 heteroatoms. The van der Waals surface area contributed by atoms with Crippen LogP contribution in [0.2, 0.25) is 0 Å². The van der Waals surface area contributed by atoms with E-state index in [0.29, 0.717) is 0 Å². The highest BCUT2D eigenvalue weighted by Crippen LogP contribution is 2.64. The molecule has 0 saturated carbocycles. The topological polar surface area (TPSA) is 0 Å². The Balaban J connectivity index is 2.17. The van der Waals surface area contributed by atoms with Gasteiger partial charge in [0.15, 0.2) is 0 Å². The fraction of sp³-hybridized carbons (Fsp3) is 0.429. The maximum Gasteiger partial charge on any atom is 0.0612 e. The van der Waals surface area contributed by atoms with Crippen LogP contribution in [0.25, 0.3) is 0 Å². The Bertz CT molecular complexity index is 447. The molecule has 1 aliphatic carbocycles. The van der Waals surface area contributed by atoms with Crippen LogP contribution in [0, 0.1) is 0 Å². The molecule has 0 spiro atoms. The Morgan fingerprint density at radius 3 is 1.56 bits per heavy atom. The van der Waals surface area contributed by atoms with E-state index in [0.717, 1.165) is 0 Å². The van der Waals surface area contributed by atoms with Gasteiger partial charge in [-0.2, -0.15) is 0 Å². The highest BCUT2D eigenvalue weighted by atomic mass is 32.2. The second kappa shape index (κ2) is 3.11. The first kappa shape index (κ1) is 10.8. The summed E-state index contributed by atoms with van der Waals surface area (Å²) in [5.41, 5.74) is 2.97. The van der Waals surface area contributed by atoms with E-state index in [1.807, 2.05) is 23.5 Å². The van der Waals surface area contributed by atoms with Crippen molar-refractivity contribution in [1.82, 2.24) is 0 Å². The quantitative estimate of drug-likeness (QED) is 0.611. The highest BCUT2D eigenvalue weighted by molar-refractivity contribution is 8.09. The summed E-state index contributed by atoms with van der Waals surface area (Å²) in [5, 5.41) is 0. The Labute approximate surface area is 106 Å². The minimum Gasteiger partial charge on any atom is -0.118 e. The lowest BCUT2D eigenvalue weighted by Crippen LogP contribution is -2.45. The Kier molecular flexibility index (Phi) is 2.10. The van der Waals surface area contributed by atoms with Gasteiger partial charge < -0.3 is 0 Å². The SMILES string of the molecule is CC1=CC2=CC=C3C=C(C)SC3(C)C2(C)S1. The van der Waals surface area contributed by atoms with Crippen LogP contribution in [0.5, 0.6) is 0 Å². The van der Waals surface area contributed by atoms with Crippen molar-refractivity contribution < 1.29 is 0 Å². The minimum absolute atomic E-state index is 0.208. The Hall–Kier alpha value is -0.340. The first-order valence-electron chi connectivity index (χ1n) is 5.63. The molecule has 0 bridgehead atoms. The van der Waals surface area contributed by atoms with E-state index < -0.39 is 0 Å². The monoisotopic (exact) mass is 248 g/mol. The predicted octanol–water partition coefficient (Wildman–Crippen LogP) is 4.67. The van der Waals surface area contributed by atoms with Gasteiger partial charge in [-0.25, -0.2) is 0 Å². The largest absolute Gasteiger partial charge is 0.118 e. The van der Waals surface area contributed by atoms with Crippen molar-refractivity contribution in [1.29, 1.82) is 0 Å². The van der Waals surface area contributed by atoms with Crippen molar-refractivity contribution in [2.75, 3.05) is 0 Å². The molecule has 0 fully saturated rings. The van der Waals surface area contributed by atoms with Crippen LogP contribution in [0.3, 0.4) is 0 Å². The summed E-state index contributed by atoms with van der Waals surface area (Å²) in [6, 6.07) is 0. The normalized spacial score (nSPS) is 40.8. The minimum atomic E-state index is 0.208. The van der Waals surface area contributed by atoms with E-state index in [9.17, 15) is 0 Å². The van der Waals surface area contributed by atoms with Crippen LogP contribution in [0.1, 0.15) is 27.7 Å². The van der Waals surface area contributed by atoms with Gasteiger partial charge in [-0.1, -0.05) is 12.2 Å². The fourth-order valence-corrected chi connectivity index (χ4v) is 5.90. The molecule has 84 valence electrons. The van der Waals surface area contributed by atoms with Gasteiger partial charge in [0, 0.05) is 0 Å². The van der Waals surface area contributed by atoms with Crippen LogP contribution in [-0.2, 0) is 0 Å². The summed E-state index contributed by atoms with van der Waals surface area (Å²) >= 11 is 4.05. The van der Waals surface area contributed by atoms with Gasteiger partial charge >= 0.3 is 0 Å². The molecule has 2 heterocycles. The summed E-state index contributed by atoms with van der Waals surface area (Å²) in [5.74, 6) is 0. The third kappa shape index (κ3) is 1.15. The van der Waals surface area contributed by atoms with Crippen LogP contribution < -0.4 is 0 Å². The molecule has 2 atom stereocenters. The van der Waals surface area contributed by atoms with E-state index in [4.69, 9.17) is 0 Å². The van der Waals surface area contributed by atoms with E-state index in [-0.39, 0.29) is 9.49 Å². The second-order valence-corrected chi connectivity index (χ2v) is 8.35. The molecule has 2 aliphatic heterocycles. The molecule has 0 amide bonds. The van der Waals surface area contributed by atoms with Crippen molar-refractivity contribution in [3.8, 4) is 0 Å². The summed E-state index contributed by atoms with van der Waals surface area (Å²) in [6.45, 7) is 9.22. The molecule has 0 nitrogen and oxygen atoms in total. The van der Waals surface area contributed by atoms with Crippen molar-refractivity contribution in [3.63, 3.8) is 0 Å². The Morgan fingerprint density at radius 2 is 1.19 bits per heavy atom. The van der Waals surface area contributed by atoms with E-state index >= 15 is 0 Å². The summed E-state index contributed by atoms with van der Waals surface area (Å²) in [6.07, 6.45) is 9.29. The molecule has 0 aromatic rings. The molecule has 2 unspecified atom stereocenters.